The Bertz CT molecular complexity index is 1920. The molecule has 0 spiro atoms. The first-order valence-electron chi connectivity index (χ1n) is 16.2. The van der Waals surface area contributed by atoms with Gasteiger partial charge >= 0.3 is 6.18 Å². The van der Waals surface area contributed by atoms with Gasteiger partial charge < -0.3 is 14.4 Å². The fraction of sp³-hybridized carbons (Fsp3) is 0.282. The molecule has 5 nitrogen and oxygen atoms in total. The number of benzene rings is 4. The number of pyridine rings is 1. The highest BCUT2D eigenvalue weighted by molar-refractivity contribution is 6.30. The minimum Gasteiger partial charge on any atom is -0.336 e. The van der Waals surface area contributed by atoms with Crippen LogP contribution in [0.2, 0.25) is 5.02 Å². The number of halogens is 4. The Labute approximate surface area is 284 Å². The maximum atomic E-state index is 14.4. The van der Waals surface area contributed by atoms with E-state index in [1.54, 1.807) is 65.6 Å². The zero-order valence-corrected chi connectivity index (χ0v) is 27.9. The molecule has 1 heterocycles. The molecule has 0 radical (unpaired) electrons. The molecule has 48 heavy (non-hydrogen) atoms. The van der Waals surface area contributed by atoms with Crippen LogP contribution >= 0.6 is 11.6 Å². The van der Waals surface area contributed by atoms with Crippen LogP contribution in [0.1, 0.15) is 36.2 Å². The second-order valence-electron chi connectivity index (χ2n) is 11.8. The number of amides is 1. The Balaban J connectivity index is 1.50. The molecule has 9 heteroatoms. The second-order valence-corrected chi connectivity index (χ2v) is 12.3. The van der Waals surface area contributed by atoms with Crippen LogP contribution in [0.5, 0.6) is 0 Å². The monoisotopic (exact) mass is 673 g/mol. The number of para-hydroxylation sites is 1. The zero-order valence-electron chi connectivity index (χ0n) is 27.1. The molecule has 4 aromatic carbocycles. The molecule has 0 aliphatic carbocycles. The standard InChI is InChI=1S/C39H39ClF3N3O2/c1-3-44(4-2)21-22-45(26-29-18-20-33(30-12-6-5-7-13-30)35(24-29)39(41,42)43)38(48)27-46-32(19-17-28-11-10-14-31(40)23-28)25-37(47)34-15-8-9-16-36(34)46/h5-16,18,20,23-25H,3-4,17,19,21-22,26-27H2,1-2H3. The van der Waals surface area contributed by atoms with Crippen LogP contribution < -0.4 is 5.43 Å². The number of aromatic nitrogens is 1. The minimum absolute atomic E-state index is 0.00817. The second kappa shape index (κ2) is 15.7. The van der Waals surface area contributed by atoms with Gasteiger partial charge in [0.2, 0.25) is 5.91 Å². The van der Waals surface area contributed by atoms with Gasteiger partial charge in [-0.15, -0.1) is 0 Å². The van der Waals surface area contributed by atoms with Gasteiger partial charge in [0.1, 0.15) is 6.54 Å². The van der Waals surface area contributed by atoms with Gasteiger partial charge in [0.05, 0.1) is 11.1 Å². The topological polar surface area (TPSA) is 45.5 Å². The number of hydrogen-bond acceptors (Lipinski definition) is 3. The SMILES string of the molecule is CCN(CC)CCN(Cc1ccc(-c2ccccc2)c(C(F)(F)F)c1)C(=O)Cn1c(CCc2cccc(Cl)c2)cc(=O)c2ccccc21. The van der Waals surface area contributed by atoms with Crippen LogP contribution in [0, 0.1) is 0 Å². The Kier molecular flexibility index (Phi) is 11.4. The smallest absolute Gasteiger partial charge is 0.336 e. The van der Waals surface area contributed by atoms with Crippen LogP contribution in [0.25, 0.3) is 22.0 Å². The average molecular weight is 674 g/mol. The van der Waals surface area contributed by atoms with Crippen molar-refractivity contribution in [1.29, 1.82) is 0 Å². The first kappa shape index (κ1) is 34.9. The lowest BCUT2D eigenvalue weighted by atomic mass is 9.97. The molecule has 1 aromatic heterocycles. The summed E-state index contributed by atoms with van der Waals surface area (Å²) in [5.74, 6) is -0.249. The fourth-order valence-corrected chi connectivity index (χ4v) is 6.29. The zero-order chi connectivity index (χ0) is 34.3. The van der Waals surface area contributed by atoms with E-state index in [-0.39, 0.29) is 30.0 Å². The Morgan fingerprint density at radius 2 is 1.52 bits per heavy atom. The quantitative estimate of drug-likeness (QED) is 0.126. The predicted octanol–water partition coefficient (Wildman–Crippen LogP) is 8.50. The van der Waals surface area contributed by atoms with E-state index in [4.69, 9.17) is 11.6 Å². The highest BCUT2D eigenvalue weighted by Gasteiger charge is 2.34. The number of aryl methyl sites for hydroxylation is 2. The number of alkyl halides is 3. The van der Waals surface area contributed by atoms with Crippen LogP contribution in [0.4, 0.5) is 13.2 Å². The molecular weight excluding hydrogens is 635 g/mol. The summed E-state index contributed by atoms with van der Waals surface area (Å²) in [7, 11) is 0. The van der Waals surface area contributed by atoms with Crippen molar-refractivity contribution in [3.8, 4) is 11.1 Å². The summed E-state index contributed by atoms with van der Waals surface area (Å²) in [5.41, 5.74) is 2.42. The number of carbonyl (C=O) groups is 1. The molecule has 1 amide bonds. The van der Waals surface area contributed by atoms with Crippen LogP contribution in [-0.4, -0.2) is 46.5 Å². The van der Waals surface area contributed by atoms with Gasteiger partial charge in [-0.3, -0.25) is 9.59 Å². The van der Waals surface area contributed by atoms with E-state index >= 15 is 0 Å². The van der Waals surface area contributed by atoms with E-state index in [0.29, 0.717) is 58.7 Å². The number of hydrogen-bond donors (Lipinski definition) is 0. The number of fused-ring (bicyclic) bond motifs is 1. The lowest BCUT2D eigenvalue weighted by molar-refractivity contribution is -0.137. The third-order valence-electron chi connectivity index (χ3n) is 8.74. The van der Waals surface area contributed by atoms with Gasteiger partial charge in [-0.05, 0) is 78.5 Å². The Morgan fingerprint density at radius 1 is 0.792 bits per heavy atom. The van der Waals surface area contributed by atoms with E-state index < -0.39 is 11.7 Å². The van der Waals surface area contributed by atoms with Gasteiger partial charge in [0.25, 0.3) is 0 Å². The van der Waals surface area contributed by atoms with Crippen molar-refractivity contribution in [2.45, 2.75) is 46.0 Å². The number of carbonyl (C=O) groups excluding carboxylic acids is 1. The maximum absolute atomic E-state index is 14.4. The molecule has 0 aliphatic heterocycles. The molecule has 250 valence electrons. The van der Waals surface area contributed by atoms with Crippen LogP contribution in [-0.2, 0) is 36.9 Å². The summed E-state index contributed by atoms with van der Waals surface area (Å²) in [4.78, 5) is 31.2. The van der Waals surface area contributed by atoms with E-state index in [1.807, 2.05) is 48.7 Å². The molecule has 0 fully saturated rings. The molecule has 5 rings (SSSR count). The molecule has 0 saturated carbocycles. The van der Waals surface area contributed by atoms with E-state index in [2.05, 4.69) is 4.90 Å². The lowest BCUT2D eigenvalue weighted by Gasteiger charge is -2.28. The number of likely N-dealkylation sites (N-methyl/N-ethyl adjacent to an activating group) is 1. The van der Waals surface area contributed by atoms with Crippen molar-refractivity contribution in [3.63, 3.8) is 0 Å². The first-order valence-corrected chi connectivity index (χ1v) is 16.6. The average Bonchev–Trinajstić information content (AvgIpc) is 3.08. The highest BCUT2D eigenvalue weighted by atomic mass is 35.5. The molecule has 0 aliphatic rings. The summed E-state index contributed by atoms with van der Waals surface area (Å²) in [6.07, 6.45) is -3.49. The van der Waals surface area contributed by atoms with Gasteiger partial charge in [0, 0.05) is 41.8 Å². The Hall–Kier alpha value is -4.40. The van der Waals surface area contributed by atoms with Crippen LogP contribution in [0.15, 0.2) is 108 Å². The van der Waals surface area contributed by atoms with Crippen molar-refractivity contribution in [2.75, 3.05) is 26.2 Å². The van der Waals surface area contributed by atoms with E-state index in [0.717, 1.165) is 24.7 Å². The summed E-state index contributed by atoms with van der Waals surface area (Å²) in [6.45, 7) is 6.46. The van der Waals surface area contributed by atoms with E-state index in [1.165, 1.54) is 6.07 Å². The fourth-order valence-electron chi connectivity index (χ4n) is 6.08. The van der Waals surface area contributed by atoms with Crippen molar-refractivity contribution >= 4 is 28.4 Å². The third-order valence-corrected chi connectivity index (χ3v) is 8.97. The summed E-state index contributed by atoms with van der Waals surface area (Å²) < 4.78 is 45.0. The van der Waals surface area contributed by atoms with Crippen molar-refractivity contribution in [3.05, 3.63) is 141 Å². The normalized spacial score (nSPS) is 11.7. The largest absolute Gasteiger partial charge is 0.417 e. The molecular formula is C39H39ClF3N3O2. The van der Waals surface area contributed by atoms with Crippen LogP contribution in [0.3, 0.4) is 0 Å². The van der Waals surface area contributed by atoms with Gasteiger partial charge in [-0.1, -0.05) is 92.2 Å². The highest BCUT2D eigenvalue weighted by Crippen LogP contribution is 2.38. The van der Waals surface area contributed by atoms with Crippen molar-refractivity contribution in [2.24, 2.45) is 0 Å². The summed E-state index contributed by atoms with van der Waals surface area (Å²) in [6, 6.07) is 29.1. The van der Waals surface area contributed by atoms with E-state index in [9.17, 15) is 22.8 Å². The minimum atomic E-state index is -4.58. The van der Waals surface area contributed by atoms with Gasteiger partial charge in [0.15, 0.2) is 5.43 Å². The predicted molar refractivity (Wildman–Crippen MR) is 187 cm³/mol. The molecule has 0 bridgehead atoms. The van der Waals surface area contributed by atoms with Gasteiger partial charge in [-0.2, -0.15) is 13.2 Å². The third kappa shape index (κ3) is 8.54. The van der Waals surface area contributed by atoms with Crippen molar-refractivity contribution < 1.29 is 18.0 Å². The first-order chi connectivity index (χ1) is 23.1. The summed E-state index contributed by atoms with van der Waals surface area (Å²) >= 11 is 6.21. The molecule has 0 N–H and O–H groups in total. The molecule has 0 atom stereocenters. The lowest BCUT2D eigenvalue weighted by Crippen LogP contribution is -2.40. The number of nitrogens with zero attached hydrogens (tertiary/aromatic N) is 3. The van der Waals surface area contributed by atoms with Gasteiger partial charge in [-0.25, -0.2) is 0 Å². The molecule has 0 saturated heterocycles. The molecule has 5 aromatic rings. The Morgan fingerprint density at radius 3 is 2.23 bits per heavy atom. The summed E-state index contributed by atoms with van der Waals surface area (Å²) in [5, 5.41) is 1.12. The molecule has 0 unspecified atom stereocenters. The maximum Gasteiger partial charge on any atom is 0.417 e. The number of rotatable bonds is 13. The van der Waals surface area contributed by atoms with Crippen molar-refractivity contribution in [1.82, 2.24) is 14.4 Å².